The molecule has 1 aliphatic heterocycles. The van der Waals surface area contributed by atoms with Gasteiger partial charge in [0, 0.05) is 24.0 Å². The normalized spacial score (nSPS) is 25.5. The van der Waals surface area contributed by atoms with Gasteiger partial charge in [-0.2, -0.15) is 11.8 Å². The molecule has 1 aromatic rings. The molecular weight excluding hydrogens is 242 g/mol. The monoisotopic (exact) mass is 265 g/mol. The van der Waals surface area contributed by atoms with E-state index in [0.717, 1.165) is 11.6 Å². The highest BCUT2D eigenvalue weighted by Crippen LogP contribution is 2.31. The maximum Gasteiger partial charge on any atom is 0.203 e. The molecule has 1 unspecified atom stereocenters. The van der Waals surface area contributed by atoms with Crippen LogP contribution >= 0.6 is 11.8 Å². The van der Waals surface area contributed by atoms with E-state index < -0.39 is 0 Å². The van der Waals surface area contributed by atoms with Gasteiger partial charge in [-0.05, 0) is 31.9 Å². The second kappa shape index (κ2) is 5.55. The zero-order valence-corrected chi connectivity index (χ0v) is 12.0. The maximum atomic E-state index is 4.69. The lowest BCUT2D eigenvalue weighted by molar-refractivity contribution is 0.355. The molecule has 0 spiro atoms. The summed E-state index contributed by atoms with van der Waals surface area (Å²) in [4.78, 5) is 4.69. The Bertz CT molecular complexity index is 390. The number of hydrogen-bond acceptors (Lipinski definition) is 3. The molecule has 1 aliphatic carbocycles. The fourth-order valence-corrected chi connectivity index (χ4v) is 4.24. The second-order valence-corrected chi connectivity index (χ2v) is 6.76. The van der Waals surface area contributed by atoms with Crippen molar-refractivity contribution < 1.29 is 0 Å². The van der Waals surface area contributed by atoms with Crippen LogP contribution in [0.5, 0.6) is 0 Å². The average Bonchev–Trinajstić information content (AvgIpc) is 3.01. The summed E-state index contributed by atoms with van der Waals surface area (Å²) >= 11 is 2.05. The van der Waals surface area contributed by atoms with Crippen LogP contribution in [0, 0.1) is 6.92 Å². The van der Waals surface area contributed by atoms with E-state index in [1.165, 1.54) is 50.0 Å². The molecule has 0 aromatic carbocycles. The standard InChI is InChI=1S/C14H23N3S/c1-11-9-17(13-5-3-2-4-6-13)14(15-11)16-12-7-8-18-10-12/h9,12-13H,2-8,10H2,1H3,(H,15,16). The highest BCUT2D eigenvalue weighted by Gasteiger charge is 2.22. The van der Waals surface area contributed by atoms with Gasteiger partial charge in [0.2, 0.25) is 5.95 Å². The van der Waals surface area contributed by atoms with Gasteiger partial charge in [0.25, 0.3) is 0 Å². The Morgan fingerprint density at radius 2 is 2.11 bits per heavy atom. The molecule has 1 saturated carbocycles. The molecule has 4 heteroatoms. The number of thioether (sulfide) groups is 1. The molecule has 3 nitrogen and oxygen atoms in total. The molecule has 100 valence electrons. The molecule has 0 bridgehead atoms. The van der Waals surface area contributed by atoms with Gasteiger partial charge in [0.15, 0.2) is 0 Å². The van der Waals surface area contributed by atoms with E-state index in [1.807, 2.05) is 0 Å². The van der Waals surface area contributed by atoms with Crippen molar-refractivity contribution in [1.82, 2.24) is 9.55 Å². The van der Waals surface area contributed by atoms with Crippen molar-refractivity contribution in [3.8, 4) is 0 Å². The third kappa shape index (κ3) is 2.68. The van der Waals surface area contributed by atoms with Crippen molar-refractivity contribution in [3.05, 3.63) is 11.9 Å². The van der Waals surface area contributed by atoms with Crippen LogP contribution in [0.3, 0.4) is 0 Å². The Kier molecular flexibility index (Phi) is 3.83. The van der Waals surface area contributed by atoms with Crippen LogP contribution in [0.4, 0.5) is 5.95 Å². The fourth-order valence-electron chi connectivity index (χ4n) is 3.09. The third-order valence-electron chi connectivity index (χ3n) is 4.08. The van der Waals surface area contributed by atoms with Crippen molar-refractivity contribution in [2.45, 2.75) is 57.5 Å². The molecule has 0 amide bonds. The number of anilines is 1. The quantitative estimate of drug-likeness (QED) is 0.905. The van der Waals surface area contributed by atoms with E-state index in [0.29, 0.717) is 12.1 Å². The molecule has 1 aromatic heterocycles. The molecule has 1 saturated heterocycles. The van der Waals surface area contributed by atoms with Crippen LogP contribution in [-0.2, 0) is 0 Å². The van der Waals surface area contributed by atoms with Crippen molar-refractivity contribution in [3.63, 3.8) is 0 Å². The minimum atomic E-state index is 0.624. The summed E-state index contributed by atoms with van der Waals surface area (Å²) in [6.07, 6.45) is 10.3. The lowest BCUT2D eigenvalue weighted by Crippen LogP contribution is -2.23. The molecule has 18 heavy (non-hydrogen) atoms. The lowest BCUT2D eigenvalue weighted by Gasteiger charge is -2.25. The first-order chi connectivity index (χ1) is 8.83. The van der Waals surface area contributed by atoms with Gasteiger partial charge >= 0.3 is 0 Å². The van der Waals surface area contributed by atoms with E-state index >= 15 is 0 Å². The van der Waals surface area contributed by atoms with Crippen LogP contribution in [0.15, 0.2) is 6.20 Å². The van der Waals surface area contributed by atoms with E-state index in [4.69, 9.17) is 4.98 Å². The average molecular weight is 265 g/mol. The number of nitrogens with zero attached hydrogens (tertiary/aromatic N) is 2. The van der Waals surface area contributed by atoms with Gasteiger partial charge in [-0.3, -0.25) is 0 Å². The highest BCUT2D eigenvalue weighted by molar-refractivity contribution is 7.99. The van der Waals surface area contributed by atoms with Crippen molar-refractivity contribution >= 4 is 17.7 Å². The topological polar surface area (TPSA) is 29.9 Å². The van der Waals surface area contributed by atoms with Crippen LogP contribution in [0.1, 0.15) is 50.3 Å². The summed E-state index contributed by atoms with van der Waals surface area (Å²) in [6, 6.07) is 1.30. The minimum absolute atomic E-state index is 0.624. The predicted octanol–water partition coefficient (Wildman–Crippen LogP) is 3.61. The van der Waals surface area contributed by atoms with Crippen LogP contribution in [0.25, 0.3) is 0 Å². The Balaban J connectivity index is 1.75. The van der Waals surface area contributed by atoms with Crippen molar-refractivity contribution in [2.24, 2.45) is 0 Å². The fraction of sp³-hybridized carbons (Fsp3) is 0.786. The van der Waals surface area contributed by atoms with E-state index in [-0.39, 0.29) is 0 Å². The molecule has 2 heterocycles. The molecule has 0 radical (unpaired) electrons. The van der Waals surface area contributed by atoms with Gasteiger partial charge in [0.05, 0.1) is 5.69 Å². The second-order valence-electron chi connectivity index (χ2n) is 5.61. The summed E-state index contributed by atoms with van der Waals surface area (Å²) in [5, 5.41) is 3.66. The van der Waals surface area contributed by atoms with E-state index in [9.17, 15) is 0 Å². The zero-order chi connectivity index (χ0) is 12.4. The van der Waals surface area contributed by atoms with Gasteiger partial charge in [-0.15, -0.1) is 0 Å². The Labute approximate surface area is 114 Å². The predicted molar refractivity (Wildman–Crippen MR) is 78.4 cm³/mol. The number of rotatable bonds is 3. The number of nitrogens with one attached hydrogen (secondary N) is 1. The molecule has 1 N–H and O–H groups in total. The van der Waals surface area contributed by atoms with Crippen LogP contribution in [-0.4, -0.2) is 27.1 Å². The molecule has 3 rings (SSSR count). The Morgan fingerprint density at radius 3 is 2.83 bits per heavy atom. The van der Waals surface area contributed by atoms with Gasteiger partial charge in [-0.25, -0.2) is 4.98 Å². The lowest BCUT2D eigenvalue weighted by atomic mass is 9.95. The largest absolute Gasteiger partial charge is 0.352 e. The van der Waals surface area contributed by atoms with E-state index in [1.54, 1.807) is 0 Å². The van der Waals surface area contributed by atoms with E-state index in [2.05, 4.69) is 34.8 Å². The van der Waals surface area contributed by atoms with Crippen molar-refractivity contribution in [2.75, 3.05) is 16.8 Å². The molecule has 2 aliphatic rings. The highest BCUT2D eigenvalue weighted by atomic mass is 32.2. The summed E-state index contributed by atoms with van der Waals surface area (Å²) in [5.74, 6) is 3.64. The molecule has 2 fully saturated rings. The number of imidazole rings is 1. The van der Waals surface area contributed by atoms with Crippen molar-refractivity contribution in [1.29, 1.82) is 0 Å². The van der Waals surface area contributed by atoms with Gasteiger partial charge < -0.3 is 9.88 Å². The van der Waals surface area contributed by atoms with Crippen LogP contribution in [0.2, 0.25) is 0 Å². The number of aryl methyl sites for hydroxylation is 1. The Hall–Kier alpha value is -0.640. The first-order valence-corrected chi connectivity index (χ1v) is 8.38. The first-order valence-electron chi connectivity index (χ1n) is 7.22. The maximum absolute atomic E-state index is 4.69. The minimum Gasteiger partial charge on any atom is -0.352 e. The molecule has 1 atom stereocenters. The summed E-state index contributed by atoms with van der Waals surface area (Å²) in [7, 11) is 0. The molecular formula is C14H23N3S. The number of hydrogen-bond donors (Lipinski definition) is 1. The summed E-state index contributed by atoms with van der Waals surface area (Å²) in [5.41, 5.74) is 1.15. The Morgan fingerprint density at radius 1 is 1.28 bits per heavy atom. The third-order valence-corrected chi connectivity index (χ3v) is 5.25. The SMILES string of the molecule is Cc1cn(C2CCCCC2)c(NC2CCSC2)n1. The number of aromatic nitrogens is 2. The van der Waals surface area contributed by atoms with Gasteiger partial charge in [-0.1, -0.05) is 19.3 Å². The summed E-state index contributed by atoms with van der Waals surface area (Å²) < 4.78 is 2.41. The summed E-state index contributed by atoms with van der Waals surface area (Å²) in [6.45, 7) is 2.11. The smallest absolute Gasteiger partial charge is 0.203 e. The zero-order valence-electron chi connectivity index (χ0n) is 11.2. The van der Waals surface area contributed by atoms with Crippen LogP contribution < -0.4 is 5.32 Å². The first kappa shape index (κ1) is 12.4. The van der Waals surface area contributed by atoms with Gasteiger partial charge in [0.1, 0.15) is 0 Å².